The van der Waals surface area contributed by atoms with Gasteiger partial charge < -0.3 is 15.4 Å². The first-order chi connectivity index (χ1) is 9.58. The molecule has 0 aliphatic heterocycles. The van der Waals surface area contributed by atoms with E-state index in [2.05, 4.69) is 17.6 Å². The van der Waals surface area contributed by atoms with Crippen LogP contribution in [0.15, 0.2) is 18.2 Å². The second-order valence-electron chi connectivity index (χ2n) is 5.67. The monoisotopic (exact) mass is 276 g/mol. The van der Waals surface area contributed by atoms with Crippen LogP contribution in [0.2, 0.25) is 0 Å². The number of carbonyl (C=O) groups excluding carboxylic acids is 1. The number of hydrogen-bond acceptors (Lipinski definition) is 3. The van der Waals surface area contributed by atoms with Gasteiger partial charge in [-0.25, -0.2) is 0 Å². The van der Waals surface area contributed by atoms with E-state index in [4.69, 9.17) is 4.74 Å². The van der Waals surface area contributed by atoms with Gasteiger partial charge in [0.1, 0.15) is 5.75 Å². The highest BCUT2D eigenvalue weighted by Gasteiger charge is 2.20. The molecule has 0 radical (unpaired) electrons. The van der Waals surface area contributed by atoms with Gasteiger partial charge in [-0.1, -0.05) is 19.3 Å². The number of anilines is 2. The summed E-state index contributed by atoms with van der Waals surface area (Å²) in [7, 11) is 1.66. The van der Waals surface area contributed by atoms with Crippen LogP contribution < -0.4 is 15.4 Å². The minimum atomic E-state index is -0.0661. The normalized spacial score (nSPS) is 16.1. The summed E-state index contributed by atoms with van der Waals surface area (Å²) < 4.78 is 5.38. The summed E-state index contributed by atoms with van der Waals surface area (Å²) in [6.07, 6.45) is 5.27. The summed E-state index contributed by atoms with van der Waals surface area (Å²) in [6.45, 7) is 3.71. The zero-order valence-electron chi connectivity index (χ0n) is 12.5. The molecule has 0 saturated heterocycles. The van der Waals surface area contributed by atoms with Gasteiger partial charge in [-0.05, 0) is 37.5 Å². The fourth-order valence-electron chi connectivity index (χ4n) is 2.65. The maximum Gasteiger partial charge on any atom is 0.221 e. The topological polar surface area (TPSA) is 50.4 Å². The van der Waals surface area contributed by atoms with Crippen LogP contribution >= 0.6 is 0 Å². The first-order valence-corrected chi connectivity index (χ1v) is 7.30. The molecule has 4 nitrogen and oxygen atoms in total. The Bertz CT molecular complexity index is 470. The highest BCUT2D eigenvalue weighted by atomic mass is 16.5. The fraction of sp³-hybridized carbons (Fsp3) is 0.562. The van der Waals surface area contributed by atoms with Crippen LogP contribution in [0, 0.1) is 5.92 Å². The average molecular weight is 276 g/mol. The molecule has 1 saturated carbocycles. The lowest BCUT2D eigenvalue weighted by Gasteiger charge is -2.29. The zero-order valence-corrected chi connectivity index (χ0v) is 12.5. The Balaban J connectivity index is 2.04. The molecule has 1 amide bonds. The van der Waals surface area contributed by atoms with E-state index in [0.717, 1.165) is 23.0 Å². The maximum atomic E-state index is 11.1. The van der Waals surface area contributed by atoms with Crippen molar-refractivity contribution in [3.63, 3.8) is 0 Å². The summed E-state index contributed by atoms with van der Waals surface area (Å²) in [4.78, 5) is 11.1. The summed E-state index contributed by atoms with van der Waals surface area (Å²) in [5.74, 6) is 1.60. The van der Waals surface area contributed by atoms with Crippen molar-refractivity contribution in [2.24, 2.45) is 5.92 Å². The van der Waals surface area contributed by atoms with E-state index < -0.39 is 0 Å². The minimum absolute atomic E-state index is 0.0661. The van der Waals surface area contributed by atoms with Crippen LogP contribution in [0.1, 0.15) is 39.5 Å². The van der Waals surface area contributed by atoms with E-state index >= 15 is 0 Å². The van der Waals surface area contributed by atoms with Crippen molar-refractivity contribution in [3.05, 3.63) is 18.2 Å². The lowest BCUT2D eigenvalue weighted by atomic mass is 9.81. The number of carbonyl (C=O) groups is 1. The molecule has 0 aromatic heterocycles. The first kappa shape index (κ1) is 14.7. The van der Waals surface area contributed by atoms with Crippen LogP contribution in [0.3, 0.4) is 0 Å². The number of benzene rings is 1. The molecule has 2 N–H and O–H groups in total. The van der Waals surface area contributed by atoms with Crippen molar-refractivity contribution in [2.45, 2.75) is 45.6 Å². The van der Waals surface area contributed by atoms with Gasteiger partial charge in [0.15, 0.2) is 0 Å². The highest BCUT2D eigenvalue weighted by Crippen LogP contribution is 2.33. The molecule has 1 aromatic rings. The second-order valence-corrected chi connectivity index (χ2v) is 5.67. The van der Waals surface area contributed by atoms with Gasteiger partial charge >= 0.3 is 0 Å². The molecular formula is C16H24N2O2. The van der Waals surface area contributed by atoms with Crippen LogP contribution in [0.5, 0.6) is 5.75 Å². The van der Waals surface area contributed by atoms with Gasteiger partial charge in [0.25, 0.3) is 0 Å². The molecule has 1 atom stereocenters. The summed E-state index contributed by atoms with van der Waals surface area (Å²) >= 11 is 0. The van der Waals surface area contributed by atoms with Gasteiger partial charge in [-0.3, -0.25) is 4.79 Å². The van der Waals surface area contributed by atoms with E-state index in [-0.39, 0.29) is 5.91 Å². The number of nitrogens with one attached hydrogen (secondary N) is 2. The lowest BCUT2D eigenvalue weighted by molar-refractivity contribution is -0.114. The fourth-order valence-corrected chi connectivity index (χ4v) is 2.65. The van der Waals surface area contributed by atoms with Crippen molar-refractivity contribution < 1.29 is 9.53 Å². The molecule has 110 valence electrons. The second kappa shape index (κ2) is 6.64. The van der Waals surface area contributed by atoms with E-state index in [1.54, 1.807) is 7.11 Å². The third-order valence-electron chi connectivity index (χ3n) is 3.83. The van der Waals surface area contributed by atoms with E-state index in [1.807, 2.05) is 18.2 Å². The minimum Gasteiger partial charge on any atom is -0.495 e. The van der Waals surface area contributed by atoms with Crippen LogP contribution in [-0.2, 0) is 4.79 Å². The summed E-state index contributed by atoms with van der Waals surface area (Å²) in [5.41, 5.74) is 1.72. The summed E-state index contributed by atoms with van der Waals surface area (Å²) in [5, 5.41) is 6.30. The Morgan fingerprint density at radius 2 is 2.20 bits per heavy atom. The third-order valence-corrected chi connectivity index (χ3v) is 3.83. The van der Waals surface area contributed by atoms with E-state index in [9.17, 15) is 4.79 Å². The molecule has 1 aliphatic carbocycles. The number of hydrogen-bond donors (Lipinski definition) is 2. The van der Waals surface area contributed by atoms with Crippen molar-refractivity contribution in [1.82, 2.24) is 0 Å². The van der Waals surface area contributed by atoms with Crippen molar-refractivity contribution in [3.8, 4) is 5.75 Å². The predicted molar refractivity (Wildman–Crippen MR) is 82.3 cm³/mol. The van der Waals surface area contributed by atoms with Crippen molar-refractivity contribution >= 4 is 17.3 Å². The Kier molecular flexibility index (Phi) is 4.88. The smallest absolute Gasteiger partial charge is 0.221 e. The average Bonchev–Trinajstić information content (AvgIpc) is 2.33. The molecule has 1 aromatic carbocycles. The zero-order chi connectivity index (χ0) is 14.5. The molecule has 4 heteroatoms. The summed E-state index contributed by atoms with van der Waals surface area (Å²) in [6, 6.07) is 6.06. The quantitative estimate of drug-likeness (QED) is 0.834. The molecule has 2 rings (SSSR count). The van der Waals surface area contributed by atoms with Gasteiger partial charge in [0.05, 0.1) is 12.8 Å². The maximum absolute atomic E-state index is 11.1. The SMILES string of the molecule is COc1ccc(NC(C)=O)cc1NC(C)CC1CCC1. The van der Waals surface area contributed by atoms with E-state index in [0.29, 0.717) is 6.04 Å². The van der Waals surface area contributed by atoms with Gasteiger partial charge in [0.2, 0.25) is 5.91 Å². The van der Waals surface area contributed by atoms with Gasteiger partial charge in [-0.15, -0.1) is 0 Å². The largest absolute Gasteiger partial charge is 0.495 e. The molecular weight excluding hydrogens is 252 g/mol. The van der Waals surface area contributed by atoms with Crippen LogP contribution in [0.4, 0.5) is 11.4 Å². The molecule has 1 unspecified atom stereocenters. The Morgan fingerprint density at radius 3 is 2.75 bits per heavy atom. The Labute approximate surface area is 120 Å². The van der Waals surface area contributed by atoms with Gasteiger partial charge in [0, 0.05) is 18.7 Å². The number of rotatable bonds is 6. The predicted octanol–water partition coefficient (Wildman–Crippen LogP) is 3.64. The van der Waals surface area contributed by atoms with Crippen molar-refractivity contribution in [1.29, 1.82) is 0 Å². The standard InChI is InChI=1S/C16H24N2O2/c1-11(9-13-5-4-6-13)17-15-10-14(18-12(2)19)7-8-16(15)20-3/h7-8,10-11,13,17H,4-6,9H2,1-3H3,(H,18,19). The van der Waals surface area contributed by atoms with Gasteiger partial charge in [-0.2, -0.15) is 0 Å². The van der Waals surface area contributed by atoms with Crippen LogP contribution in [-0.4, -0.2) is 19.1 Å². The highest BCUT2D eigenvalue weighted by molar-refractivity contribution is 5.89. The molecule has 0 spiro atoms. The van der Waals surface area contributed by atoms with Crippen LogP contribution in [0.25, 0.3) is 0 Å². The molecule has 1 fully saturated rings. The van der Waals surface area contributed by atoms with E-state index in [1.165, 1.54) is 32.6 Å². The number of ether oxygens (including phenoxy) is 1. The lowest BCUT2D eigenvalue weighted by Crippen LogP contribution is -2.23. The molecule has 1 aliphatic rings. The first-order valence-electron chi connectivity index (χ1n) is 7.30. The molecule has 20 heavy (non-hydrogen) atoms. The Hall–Kier alpha value is -1.71. The number of methoxy groups -OCH3 is 1. The molecule has 0 bridgehead atoms. The molecule has 0 heterocycles. The number of amides is 1. The van der Waals surface area contributed by atoms with Crippen molar-refractivity contribution in [2.75, 3.05) is 17.7 Å². The third kappa shape index (κ3) is 3.89. The Morgan fingerprint density at radius 1 is 1.45 bits per heavy atom.